The van der Waals surface area contributed by atoms with E-state index in [0.29, 0.717) is 17.7 Å². The Morgan fingerprint density at radius 1 is 1.00 bits per heavy atom. The number of hydrogen-bond donors (Lipinski definition) is 0. The highest BCUT2D eigenvalue weighted by Crippen LogP contribution is 2.30. The van der Waals surface area contributed by atoms with E-state index in [4.69, 9.17) is 4.98 Å². The zero-order valence-corrected chi connectivity index (χ0v) is 17.3. The van der Waals surface area contributed by atoms with E-state index < -0.39 is 0 Å². The van der Waals surface area contributed by atoms with Crippen molar-refractivity contribution in [3.05, 3.63) is 51.2 Å². The topological polar surface area (TPSA) is 65.1 Å². The summed E-state index contributed by atoms with van der Waals surface area (Å²) >= 11 is 0. The standard InChI is InChI=1S/C22H29N5O2/c1-3-4-5-6-10-14-27-20(28)18-19(24(2)22(27)29)23-21-25(15-11-16-26(18)21)17-12-8-7-9-13-17/h7-9,12-13H,3-6,10-11,14-16H2,1-2H3. The monoisotopic (exact) mass is 395 g/mol. The van der Waals surface area contributed by atoms with Gasteiger partial charge in [0.25, 0.3) is 5.56 Å². The Kier molecular flexibility index (Phi) is 5.56. The highest BCUT2D eigenvalue weighted by Gasteiger charge is 2.26. The second-order valence-electron chi connectivity index (χ2n) is 7.79. The van der Waals surface area contributed by atoms with E-state index in [-0.39, 0.29) is 11.2 Å². The molecule has 0 atom stereocenters. The average Bonchev–Trinajstić information content (AvgIpc) is 3.15. The fourth-order valence-corrected chi connectivity index (χ4v) is 4.19. The maximum Gasteiger partial charge on any atom is 0.332 e. The summed E-state index contributed by atoms with van der Waals surface area (Å²) in [6.07, 6.45) is 6.31. The first-order valence-electron chi connectivity index (χ1n) is 10.7. The van der Waals surface area contributed by atoms with Gasteiger partial charge in [-0.15, -0.1) is 0 Å². The number of nitrogens with zero attached hydrogens (tertiary/aromatic N) is 5. The number of benzene rings is 1. The van der Waals surface area contributed by atoms with Crippen LogP contribution in [0.1, 0.15) is 45.4 Å². The van der Waals surface area contributed by atoms with Crippen LogP contribution in [0.2, 0.25) is 0 Å². The summed E-state index contributed by atoms with van der Waals surface area (Å²) in [5.41, 5.74) is 1.56. The van der Waals surface area contributed by atoms with Crippen molar-refractivity contribution < 1.29 is 0 Å². The van der Waals surface area contributed by atoms with Crippen molar-refractivity contribution in [1.29, 1.82) is 0 Å². The zero-order valence-electron chi connectivity index (χ0n) is 17.3. The molecule has 0 unspecified atom stereocenters. The van der Waals surface area contributed by atoms with Gasteiger partial charge in [-0.25, -0.2) is 4.79 Å². The second-order valence-corrected chi connectivity index (χ2v) is 7.79. The number of anilines is 2. The van der Waals surface area contributed by atoms with Gasteiger partial charge in [-0.2, -0.15) is 4.98 Å². The highest BCUT2D eigenvalue weighted by molar-refractivity contribution is 5.77. The molecule has 0 amide bonds. The fourth-order valence-electron chi connectivity index (χ4n) is 4.19. The molecule has 0 saturated carbocycles. The van der Waals surface area contributed by atoms with Gasteiger partial charge >= 0.3 is 5.69 Å². The molecule has 3 aromatic rings. The van der Waals surface area contributed by atoms with Crippen LogP contribution in [-0.4, -0.2) is 25.2 Å². The Morgan fingerprint density at radius 2 is 1.76 bits per heavy atom. The quantitative estimate of drug-likeness (QED) is 0.575. The molecule has 0 N–H and O–H groups in total. The lowest BCUT2D eigenvalue weighted by Gasteiger charge is -2.28. The molecule has 0 saturated heterocycles. The van der Waals surface area contributed by atoms with Gasteiger partial charge in [0.2, 0.25) is 5.95 Å². The van der Waals surface area contributed by atoms with Gasteiger partial charge in [0.15, 0.2) is 11.2 Å². The van der Waals surface area contributed by atoms with Crippen molar-refractivity contribution >= 4 is 22.8 Å². The predicted molar refractivity (Wildman–Crippen MR) is 116 cm³/mol. The summed E-state index contributed by atoms with van der Waals surface area (Å²) in [5, 5.41) is 0. The van der Waals surface area contributed by atoms with Crippen LogP contribution < -0.4 is 16.1 Å². The maximum absolute atomic E-state index is 13.3. The molecule has 2 aromatic heterocycles. The van der Waals surface area contributed by atoms with E-state index in [1.807, 2.05) is 34.9 Å². The maximum atomic E-state index is 13.3. The normalized spacial score (nSPS) is 13.8. The van der Waals surface area contributed by atoms with Crippen molar-refractivity contribution in [1.82, 2.24) is 18.7 Å². The number of aryl methyl sites for hydroxylation is 2. The molecule has 29 heavy (non-hydrogen) atoms. The van der Waals surface area contributed by atoms with Gasteiger partial charge in [0, 0.05) is 32.4 Å². The molecule has 154 valence electrons. The minimum atomic E-state index is -0.278. The largest absolute Gasteiger partial charge is 0.332 e. The van der Waals surface area contributed by atoms with Crippen LogP contribution in [0.5, 0.6) is 0 Å². The lowest BCUT2D eigenvalue weighted by Crippen LogP contribution is -2.40. The summed E-state index contributed by atoms with van der Waals surface area (Å²) < 4.78 is 4.91. The van der Waals surface area contributed by atoms with E-state index in [0.717, 1.165) is 50.4 Å². The molecule has 0 radical (unpaired) electrons. The van der Waals surface area contributed by atoms with Gasteiger partial charge in [-0.1, -0.05) is 50.8 Å². The number of aromatic nitrogens is 4. The Hall–Kier alpha value is -2.83. The predicted octanol–water partition coefficient (Wildman–Crippen LogP) is 3.41. The third-order valence-electron chi connectivity index (χ3n) is 5.77. The van der Waals surface area contributed by atoms with Gasteiger partial charge in [0.05, 0.1) is 0 Å². The molecule has 0 bridgehead atoms. The summed E-state index contributed by atoms with van der Waals surface area (Å²) in [4.78, 5) is 33.0. The van der Waals surface area contributed by atoms with Crippen molar-refractivity contribution in [3.8, 4) is 0 Å². The summed E-state index contributed by atoms with van der Waals surface area (Å²) in [5.74, 6) is 0.741. The molecule has 1 aromatic carbocycles. The minimum Gasteiger partial charge on any atom is -0.312 e. The van der Waals surface area contributed by atoms with E-state index in [2.05, 4.69) is 11.8 Å². The van der Waals surface area contributed by atoms with Crippen molar-refractivity contribution in [2.45, 2.75) is 58.5 Å². The molecular formula is C22H29N5O2. The number of fused-ring (bicyclic) bond motifs is 3. The molecule has 0 spiro atoms. The molecule has 7 nitrogen and oxygen atoms in total. The zero-order chi connectivity index (χ0) is 20.4. The number of hydrogen-bond acceptors (Lipinski definition) is 4. The number of rotatable bonds is 7. The second kappa shape index (κ2) is 8.27. The van der Waals surface area contributed by atoms with Gasteiger partial charge < -0.3 is 9.47 Å². The minimum absolute atomic E-state index is 0.216. The van der Waals surface area contributed by atoms with Crippen molar-refractivity contribution in [2.24, 2.45) is 7.05 Å². The first-order valence-corrected chi connectivity index (χ1v) is 10.7. The van der Waals surface area contributed by atoms with Crippen LogP contribution in [-0.2, 0) is 20.1 Å². The SMILES string of the molecule is CCCCCCCn1c(=O)c2c(nc3n2CCCN3c2ccccc2)n(C)c1=O. The van der Waals surface area contributed by atoms with E-state index in [1.54, 1.807) is 7.05 Å². The lowest BCUT2D eigenvalue weighted by molar-refractivity contribution is 0.529. The van der Waals surface area contributed by atoms with Crippen LogP contribution in [0.25, 0.3) is 11.2 Å². The molecule has 0 aliphatic carbocycles. The number of imidazole rings is 1. The summed E-state index contributed by atoms with van der Waals surface area (Å²) in [7, 11) is 1.71. The Balaban J connectivity index is 1.77. The number of para-hydroxylation sites is 1. The third-order valence-corrected chi connectivity index (χ3v) is 5.77. The van der Waals surface area contributed by atoms with Crippen LogP contribution in [0.15, 0.2) is 39.9 Å². The average molecular weight is 396 g/mol. The first kappa shape index (κ1) is 19.5. The smallest absolute Gasteiger partial charge is 0.312 e. The number of unbranched alkanes of at least 4 members (excludes halogenated alkanes) is 4. The van der Waals surface area contributed by atoms with Crippen LogP contribution in [0.4, 0.5) is 11.6 Å². The Labute approximate surface area is 170 Å². The van der Waals surface area contributed by atoms with Crippen LogP contribution >= 0.6 is 0 Å². The highest BCUT2D eigenvalue weighted by atomic mass is 16.2. The third kappa shape index (κ3) is 3.50. The van der Waals surface area contributed by atoms with Gasteiger partial charge in [0.1, 0.15) is 0 Å². The van der Waals surface area contributed by atoms with Crippen molar-refractivity contribution in [2.75, 3.05) is 11.4 Å². The van der Waals surface area contributed by atoms with Gasteiger partial charge in [-0.3, -0.25) is 13.9 Å². The molecular weight excluding hydrogens is 366 g/mol. The molecule has 1 aliphatic heterocycles. The fraction of sp³-hybridized carbons (Fsp3) is 0.500. The van der Waals surface area contributed by atoms with E-state index in [1.165, 1.54) is 22.0 Å². The molecule has 4 rings (SSSR count). The molecule has 0 fully saturated rings. The first-order chi connectivity index (χ1) is 14.1. The Morgan fingerprint density at radius 3 is 2.52 bits per heavy atom. The molecule has 3 heterocycles. The summed E-state index contributed by atoms with van der Waals surface area (Å²) in [6, 6.07) is 10.1. The van der Waals surface area contributed by atoms with Crippen LogP contribution in [0.3, 0.4) is 0 Å². The van der Waals surface area contributed by atoms with Crippen LogP contribution in [0, 0.1) is 0 Å². The Bertz CT molecular complexity index is 1110. The van der Waals surface area contributed by atoms with E-state index in [9.17, 15) is 9.59 Å². The van der Waals surface area contributed by atoms with Crippen molar-refractivity contribution in [3.63, 3.8) is 0 Å². The molecule has 1 aliphatic rings. The summed E-state index contributed by atoms with van der Waals surface area (Å²) in [6.45, 7) is 4.22. The lowest BCUT2D eigenvalue weighted by atomic mass is 10.1. The van der Waals surface area contributed by atoms with E-state index >= 15 is 0 Å². The molecule has 7 heteroatoms. The van der Waals surface area contributed by atoms with Gasteiger partial charge in [-0.05, 0) is 25.0 Å².